The fraction of sp³-hybridized carbons (Fsp3) is 0.562. The van der Waals surface area contributed by atoms with E-state index in [1.54, 1.807) is 0 Å². The zero-order chi connectivity index (χ0) is 16.6. The third kappa shape index (κ3) is 2.76. The number of pyridine rings is 1. The molecule has 1 aromatic heterocycles. The Balaban J connectivity index is 1.82. The van der Waals surface area contributed by atoms with Gasteiger partial charge in [0.05, 0.1) is 16.0 Å². The number of anilines is 1. The van der Waals surface area contributed by atoms with Gasteiger partial charge < -0.3 is 14.9 Å². The first-order valence-corrected chi connectivity index (χ1v) is 8.28. The average Bonchev–Trinajstić information content (AvgIpc) is 2.95. The lowest BCUT2D eigenvalue weighted by Crippen LogP contribution is -2.49. The minimum absolute atomic E-state index is 0.0681. The molecule has 0 saturated carbocycles. The molecule has 1 atom stereocenters. The highest BCUT2D eigenvalue weighted by molar-refractivity contribution is 6.33. The van der Waals surface area contributed by atoms with E-state index in [4.69, 9.17) is 16.7 Å². The van der Waals surface area contributed by atoms with E-state index in [1.807, 2.05) is 16.7 Å². The van der Waals surface area contributed by atoms with Crippen molar-refractivity contribution < 1.29 is 14.7 Å². The number of piperidine rings is 1. The third-order valence-electron chi connectivity index (χ3n) is 4.93. The van der Waals surface area contributed by atoms with Gasteiger partial charge in [-0.05, 0) is 32.3 Å². The van der Waals surface area contributed by atoms with Crippen LogP contribution >= 0.6 is 11.6 Å². The largest absolute Gasteiger partial charge is 0.478 e. The van der Waals surface area contributed by atoms with Crippen LogP contribution < -0.4 is 4.90 Å². The molecule has 0 radical (unpaired) electrons. The van der Waals surface area contributed by atoms with Gasteiger partial charge in [0, 0.05) is 32.4 Å². The molecule has 23 heavy (non-hydrogen) atoms. The lowest BCUT2D eigenvalue weighted by molar-refractivity contribution is -0.144. The number of nitrogens with zero attached hydrogens (tertiary/aromatic N) is 3. The summed E-state index contributed by atoms with van der Waals surface area (Å²) in [6, 6.07) is 1.41. The van der Waals surface area contributed by atoms with Gasteiger partial charge >= 0.3 is 5.97 Å². The number of hydrogen-bond acceptors (Lipinski definition) is 4. The summed E-state index contributed by atoms with van der Waals surface area (Å²) in [6.07, 6.45) is 4.02. The number of carbonyl (C=O) groups excluding carboxylic acids is 1. The Bertz CT molecular complexity index is 651. The number of aromatic nitrogens is 1. The molecule has 2 aliphatic rings. The number of rotatable bonds is 3. The zero-order valence-corrected chi connectivity index (χ0v) is 13.8. The Hall–Kier alpha value is -1.82. The molecule has 0 aliphatic carbocycles. The first-order valence-electron chi connectivity index (χ1n) is 7.90. The normalized spacial score (nSPS) is 24.5. The standard InChI is InChI=1S/C16H20ClN3O3/c1-2-19-6-3-4-16(15(19)23)5-7-20(10-16)13-12(17)8-11(9-18-13)14(21)22/h8-9H,2-7,10H2,1H3,(H,21,22)/t16-/m0/s1. The smallest absolute Gasteiger partial charge is 0.337 e. The first-order chi connectivity index (χ1) is 11.0. The maximum Gasteiger partial charge on any atom is 0.337 e. The van der Waals surface area contributed by atoms with Crippen LogP contribution in [0.4, 0.5) is 5.82 Å². The monoisotopic (exact) mass is 337 g/mol. The number of carboxylic acids is 1. The zero-order valence-electron chi connectivity index (χ0n) is 13.1. The molecule has 3 rings (SSSR count). The van der Waals surface area contributed by atoms with E-state index in [9.17, 15) is 9.59 Å². The van der Waals surface area contributed by atoms with Gasteiger partial charge in [0.25, 0.3) is 0 Å². The van der Waals surface area contributed by atoms with Gasteiger partial charge in [-0.25, -0.2) is 9.78 Å². The number of hydrogen-bond donors (Lipinski definition) is 1. The average molecular weight is 338 g/mol. The number of likely N-dealkylation sites (tertiary alicyclic amines) is 1. The SMILES string of the molecule is CCN1CCC[C@@]2(CCN(c3ncc(C(=O)O)cc3Cl)C2)C1=O. The lowest BCUT2D eigenvalue weighted by Gasteiger charge is -2.39. The Labute approximate surface area is 140 Å². The van der Waals surface area contributed by atoms with Crippen molar-refractivity contribution in [1.82, 2.24) is 9.88 Å². The molecule has 1 aromatic rings. The predicted octanol–water partition coefficient (Wildman–Crippen LogP) is 2.27. The lowest BCUT2D eigenvalue weighted by atomic mass is 9.78. The molecular formula is C16H20ClN3O3. The van der Waals surface area contributed by atoms with Crippen LogP contribution in [0.5, 0.6) is 0 Å². The van der Waals surface area contributed by atoms with Crippen molar-refractivity contribution in [2.45, 2.75) is 26.2 Å². The highest BCUT2D eigenvalue weighted by atomic mass is 35.5. The van der Waals surface area contributed by atoms with Crippen molar-refractivity contribution >= 4 is 29.3 Å². The van der Waals surface area contributed by atoms with Gasteiger partial charge in [0.1, 0.15) is 5.82 Å². The van der Waals surface area contributed by atoms with Gasteiger partial charge in [-0.15, -0.1) is 0 Å². The predicted molar refractivity (Wildman–Crippen MR) is 87.0 cm³/mol. The van der Waals surface area contributed by atoms with Crippen molar-refractivity contribution in [2.24, 2.45) is 5.41 Å². The summed E-state index contributed by atoms with van der Waals surface area (Å²) in [5, 5.41) is 9.31. The molecule has 3 heterocycles. The maximum atomic E-state index is 12.8. The molecule has 2 aliphatic heterocycles. The second-order valence-electron chi connectivity index (χ2n) is 6.27. The summed E-state index contributed by atoms with van der Waals surface area (Å²) in [5.41, 5.74) is -0.274. The number of amides is 1. The van der Waals surface area contributed by atoms with Crippen molar-refractivity contribution in [1.29, 1.82) is 0 Å². The van der Waals surface area contributed by atoms with E-state index in [1.165, 1.54) is 12.3 Å². The number of carbonyl (C=O) groups is 2. The molecule has 1 N–H and O–H groups in total. The minimum Gasteiger partial charge on any atom is -0.478 e. The molecule has 0 aromatic carbocycles. The van der Waals surface area contributed by atoms with Crippen LogP contribution in [0.1, 0.15) is 36.5 Å². The molecule has 124 valence electrons. The van der Waals surface area contributed by atoms with E-state index in [2.05, 4.69) is 4.98 Å². The van der Waals surface area contributed by atoms with E-state index >= 15 is 0 Å². The van der Waals surface area contributed by atoms with E-state index < -0.39 is 5.97 Å². The van der Waals surface area contributed by atoms with Crippen LogP contribution in [0.2, 0.25) is 5.02 Å². The maximum absolute atomic E-state index is 12.8. The van der Waals surface area contributed by atoms with Crippen LogP contribution in [-0.4, -0.2) is 53.0 Å². The number of carboxylic acid groups (broad SMARTS) is 1. The highest BCUT2D eigenvalue weighted by Crippen LogP contribution is 2.42. The number of halogens is 1. The Morgan fingerprint density at radius 2 is 2.22 bits per heavy atom. The fourth-order valence-electron chi connectivity index (χ4n) is 3.67. The quantitative estimate of drug-likeness (QED) is 0.916. The summed E-state index contributed by atoms with van der Waals surface area (Å²) in [4.78, 5) is 31.9. The minimum atomic E-state index is -1.05. The van der Waals surface area contributed by atoms with Gasteiger partial charge in [-0.3, -0.25) is 4.79 Å². The Morgan fingerprint density at radius 3 is 2.87 bits per heavy atom. The van der Waals surface area contributed by atoms with Gasteiger partial charge in [-0.1, -0.05) is 11.6 Å². The summed E-state index contributed by atoms with van der Waals surface area (Å²) in [7, 11) is 0. The van der Waals surface area contributed by atoms with Crippen LogP contribution in [0, 0.1) is 5.41 Å². The molecule has 7 heteroatoms. The van der Waals surface area contributed by atoms with Crippen LogP contribution in [0.3, 0.4) is 0 Å². The third-order valence-corrected chi connectivity index (χ3v) is 5.21. The molecule has 2 fully saturated rings. The van der Waals surface area contributed by atoms with Crippen LogP contribution in [-0.2, 0) is 4.79 Å². The molecule has 6 nitrogen and oxygen atoms in total. The van der Waals surface area contributed by atoms with Gasteiger partial charge in [0.2, 0.25) is 5.91 Å². The summed E-state index contributed by atoms with van der Waals surface area (Å²) in [6.45, 7) is 4.90. The molecule has 0 unspecified atom stereocenters. The number of aromatic carboxylic acids is 1. The van der Waals surface area contributed by atoms with Crippen LogP contribution in [0.25, 0.3) is 0 Å². The highest BCUT2D eigenvalue weighted by Gasteiger charge is 2.48. The summed E-state index contributed by atoms with van der Waals surface area (Å²) in [5.74, 6) is -0.258. The second kappa shape index (κ2) is 6.00. The summed E-state index contributed by atoms with van der Waals surface area (Å²) >= 11 is 6.21. The van der Waals surface area contributed by atoms with Crippen molar-refractivity contribution in [3.05, 3.63) is 22.8 Å². The second-order valence-corrected chi connectivity index (χ2v) is 6.68. The molecular weight excluding hydrogens is 318 g/mol. The van der Waals surface area contributed by atoms with Crippen molar-refractivity contribution in [3.63, 3.8) is 0 Å². The van der Waals surface area contributed by atoms with Gasteiger partial charge in [-0.2, -0.15) is 0 Å². The molecule has 1 spiro atoms. The summed E-state index contributed by atoms with van der Waals surface area (Å²) < 4.78 is 0. The molecule has 2 saturated heterocycles. The fourth-order valence-corrected chi connectivity index (χ4v) is 3.95. The van der Waals surface area contributed by atoms with E-state index in [0.717, 1.165) is 32.4 Å². The van der Waals surface area contributed by atoms with E-state index in [-0.39, 0.29) is 16.9 Å². The topological polar surface area (TPSA) is 73.7 Å². The van der Waals surface area contributed by atoms with Crippen molar-refractivity contribution in [2.75, 3.05) is 31.1 Å². The van der Waals surface area contributed by atoms with Crippen LogP contribution in [0.15, 0.2) is 12.3 Å². The molecule has 1 amide bonds. The molecule has 0 bridgehead atoms. The van der Waals surface area contributed by atoms with Gasteiger partial charge in [0.15, 0.2) is 0 Å². The van der Waals surface area contributed by atoms with E-state index in [0.29, 0.717) is 23.9 Å². The Kier molecular flexibility index (Phi) is 4.19. The van der Waals surface area contributed by atoms with Crippen molar-refractivity contribution in [3.8, 4) is 0 Å². The first kappa shape index (κ1) is 16.1. The Morgan fingerprint density at radius 1 is 1.43 bits per heavy atom.